The van der Waals surface area contributed by atoms with E-state index in [0.717, 1.165) is 0 Å². The van der Waals surface area contributed by atoms with E-state index in [0.29, 0.717) is 4.47 Å². The molecule has 5 heteroatoms. The summed E-state index contributed by atoms with van der Waals surface area (Å²) in [5.74, 6) is -1.47. The Hall–Kier alpha value is -0.610. The number of Topliss-reactive ketones (excluding diaryl/α,β-unsaturated/α-hetero) is 1. The first kappa shape index (κ1) is 10.5. The number of alkyl halides is 1. The Morgan fingerprint density at radius 2 is 2.23 bits per heavy atom. The first-order valence-electron chi connectivity index (χ1n) is 3.40. The van der Waals surface area contributed by atoms with Gasteiger partial charge in [-0.1, -0.05) is 0 Å². The molecule has 2 N–H and O–H groups in total. The molecule has 1 rings (SSSR count). The van der Waals surface area contributed by atoms with E-state index < -0.39 is 11.6 Å². The summed E-state index contributed by atoms with van der Waals surface area (Å²) >= 11 is 8.35. The zero-order valence-electron chi connectivity index (χ0n) is 6.48. The zero-order chi connectivity index (χ0) is 10.0. The smallest absolute Gasteiger partial charge is 0.181 e. The Balaban J connectivity index is 3.33. The van der Waals surface area contributed by atoms with Crippen LogP contribution in [0.25, 0.3) is 0 Å². The maximum Gasteiger partial charge on any atom is 0.181 e. The summed E-state index contributed by atoms with van der Waals surface area (Å²) in [7, 11) is 0. The number of nitrogen functional groups attached to an aromatic ring is 1. The second-order valence-electron chi connectivity index (χ2n) is 2.38. The van der Waals surface area contributed by atoms with E-state index in [1.54, 1.807) is 0 Å². The first-order chi connectivity index (χ1) is 6.07. The molecule has 0 atom stereocenters. The molecule has 70 valence electrons. The molecule has 0 unspecified atom stereocenters. The molecule has 0 spiro atoms. The van der Waals surface area contributed by atoms with E-state index in [-0.39, 0.29) is 17.1 Å². The van der Waals surface area contributed by atoms with Crippen molar-refractivity contribution < 1.29 is 9.18 Å². The van der Waals surface area contributed by atoms with Gasteiger partial charge in [-0.3, -0.25) is 4.79 Å². The summed E-state index contributed by atoms with van der Waals surface area (Å²) < 4.78 is 13.6. The van der Waals surface area contributed by atoms with E-state index in [1.165, 1.54) is 12.1 Å². The average molecular weight is 266 g/mol. The number of ketones is 1. The molecule has 13 heavy (non-hydrogen) atoms. The summed E-state index contributed by atoms with van der Waals surface area (Å²) in [5.41, 5.74) is 5.14. The maximum absolute atomic E-state index is 13.3. The van der Waals surface area contributed by atoms with Crippen molar-refractivity contribution in [3.05, 3.63) is 28.0 Å². The Morgan fingerprint density at radius 3 is 2.77 bits per heavy atom. The summed E-state index contributed by atoms with van der Waals surface area (Å²) in [4.78, 5) is 11.1. The molecule has 0 aliphatic rings. The van der Waals surface area contributed by atoms with E-state index >= 15 is 0 Å². The van der Waals surface area contributed by atoms with Crippen LogP contribution in [0.2, 0.25) is 0 Å². The van der Waals surface area contributed by atoms with Gasteiger partial charge in [0.05, 0.1) is 17.1 Å². The molecule has 0 bridgehead atoms. The molecule has 0 saturated carbocycles. The highest BCUT2D eigenvalue weighted by Crippen LogP contribution is 2.24. The van der Waals surface area contributed by atoms with Gasteiger partial charge in [-0.2, -0.15) is 0 Å². The van der Waals surface area contributed by atoms with E-state index in [1.807, 2.05) is 0 Å². The lowest BCUT2D eigenvalue weighted by Gasteiger charge is -2.04. The van der Waals surface area contributed by atoms with Gasteiger partial charge in [0.25, 0.3) is 0 Å². The van der Waals surface area contributed by atoms with Crippen LogP contribution in [0, 0.1) is 5.82 Å². The number of hydrogen-bond acceptors (Lipinski definition) is 2. The minimum absolute atomic E-state index is 0.0586. The molecule has 0 aliphatic carbocycles. The summed E-state index contributed by atoms with van der Waals surface area (Å²) in [5, 5.41) is 0. The van der Waals surface area contributed by atoms with E-state index in [4.69, 9.17) is 17.3 Å². The number of anilines is 1. The van der Waals surface area contributed by atoms with Crippen molar-refractivity contribution >= 4 is 39.0 Å². The van der Waals surface area contributed by atoms with Gasteiger partial charge in [-0.15, -0.1) is 11.6 Å². The molecule has 0 saturated heterocycles. The largest absolute Gasteiger partial charge is 0.396 e. The summed E-state index contributed by atoms with van der Waals surface area (Å²) in [6.45, 7) is 0. The number of hydrogen-bond donors (Lipinski definition) is 1. The van der Waals surface area contributed by atoms with E-state index in [9.17, 15) is 9.18 Å². The monoisotopic (exact) mass is 265 g/mol. The standard InChI is InChI=1S/C8H6BrClFNO/c9-4-1-2-5(12)8(11)7(4)6(13)3-10/h1-2H,3,12H2. The quantitative estimate of drug-likeness (QED) is 0.508. The van der Waals surface area contributed by atoms with Crippen LogP contribution in [0.15, 0.2) is 16.6 Å². The highest BCUT2D eigenvalue weighted by atomic mass is 79.9. The Morgan fingerprint density at radius 1 is 1.62 bits per heavy atom. The first-order valence-corrected chi connectivity index (χ1v) is 4.73. The molecule has 0 heterocycles. The lowest BCUT2D eigenvalue weighted by atomic mass is 10.1. The predicted octanol–water partition coefficient (Wildman–Crippen LogP) is 2.59. The fourth-order valence-corrected chi connectivity index (χ4v) is 1.55. The van der Waals surface area contributed by atoms with Crippen molar-refractivity contribution in [3.8, 4) is 0 Å². The van der Waals surface area contributed by atoms with Gasteiger partial charge in [-0.25, -0.2) is 4.39 Å². The highest BCUT2D eigenvalue weighted by Gasteiger charge is 2.16. The number of rotatable bonds is 2. The van der Waals surface area contributed by atoms with Crippen molar-refractivity contribution in [3.63, 3.8) is 0 Å². The molecular formula is C8H6BrClFNO. The Bertz CT molecular complexity index is 356. The molecule has 0 amide bonds. The summed E-state index contributed by atoms with van der Waals surface area (Å²) in [6, 6.07) is 2.89. The van der Waals surface area contributed by atoms with Gasteiger partial charge < -0.3 is 5.73 Å². The number of nitrogens with two attached hydrogens (primary N) is 1. The van der Waals surface area contributed by atoms with Crippen LogP contribution in [-0.2, 0) is 0 Å². The van der Waals surface area contributed by atoms with Gasteiger partial charge in [-0.05, 0) is 28.1 Å². The molecular weight excluding hydrogens is 260 g/mol. The maximum atomic E-state index is 13.3. The van der Waals surface area contributed by atoms with Crippen LogP contribution in [0.4, 0.5) is 10.1 Å². The van der Waals surface area contributed by atoms with Crippen molar-refractivity contribution in [1.29, 1.82) is 0 Å². The minimum Gasteiger partial charge on any atom is -0.396 e. The van der Waals surface area contributed by atoms with Crippen LogP contribution >= 0.6 is 27.5 Å². The van der Waals surface area contributed by atoms with Gasteiger partial charge in [0.2, 0.25) is 0 Å². The zero-order valence-corrected chi connectivity index (χ0v) is 8.82. The van der Waals surface area contributed by atoms with Gasteiger partial charge >= 0.3 is 0 Å². The number of carbonyl (C=O) groups excluding carboxylic acids is 1. The molecule has 2 nitrogen and oxygen atoms in total. The fourth-order valence-electron chi connectivity index (χ4n) is 0.891. The van der Waals surface area contributed by atoms with Crippen LogP contribution in [0.5, 0.6) is 0 Å². The number of carbonyl (C=O) groups is 1. The van der Waals surface area contributed by atoms with Crippen molar-refractivity contribution in [2.75, 3.05) is 11.6 Å². The molecule has 1 aromatic carbocycles. The van der Waals surface area contributed by atoms with Gasteiger partial charge in [0.1, 0.15) is 0 Å². The molecule has 0 radical (unpaired) electrons. The Kier molecular flexibility index (Phi) is 3.27. The second-order valence-corrected chi connectivity index (χ2v) is 3.50. The summed E-state index contributed by atoms with van der Waals surface area (Å²) in [6.07, 6.45) is 0. The third-order valence-corrected chi connectivity index (χ3v) is 2.42. The molecule has 0 aliphatic heterocycles. The molecule has 1 aromatic rings. The number of halogens is 3. The van der Waals surface area contributed by atoms with Crippen molar-refractivity contribution in [1.82, 2.24) is 0 Å². The third kappa shape index (κ3) is 2.00. The third-order valence-electron chi connectivity index (χ3n) is 1.52. The second kappa shape index (κ2) is 4.07. The van der Waals surface area contributed by atoms with Gasteiger partial charge in [0, 0.05) is 4.47 Å². The SMILES string of the molecule is Nc1ccc(Br)c(C(=O)CCl)c1F. The van der Waals surface area contributed by atoms with Crippen molar-refractivity contribution in [2.45, 2.75) is 0 Å². The predicted molar refractivity (Wildman–Crippen MR) is 53.6 cm³/mol. The van der Waals surface area contributed by atoms with Crippen molar-refractivity contribution in [2.24, 2.45) is 0 Å². The topological polar surface area (TPSA) is 43.1 Å². The number of benzene rings is 1. The lowest BCUT2D eigenvalue weighted by Crippen LogP contribution is -2.07. The Labute approximate surface area is 88.0 Å². The van der Waals surface area contributed by atoms with Crippen LogP contribution in [-0.4, -0.2) is 11.7 Å². The van der Waals surface area contributed by atoms with Crippen LogP contribution < -0.4 is 5.73 Å². The average Bonchev–Trinajstić information content (AvgIpc) is 2.12. The minimum atomic E-state index is -0.722. The highest BCUT2D eigenvalue weighted by molar-refractivity contribution is 9.10. The van der Waals surface area contributed by atoms with E-state index in [2.05, 4.69) is 15.9 Å². The normalized spacial score (nSPS) is 10.1. The van der Waals surface area contributed by atoms with Gasteiger partial charge in [0.15, 0.2) is 11.6 Å². The lowest BCUT2D eigenvalue weighted by molar-refractivity contribution is 0.101. The molecule has 0 fully saturated rings. The van der Waals surface area contributed by atoms with Crippen LogP contribution in [0.1, 0.15) is 10.4 Å². The fraction of sp³-hybridized carbons (Fsp3) is 0.125. The van der Waals surface area contributed by atoms with Crippen LogP contribution in [0.3, 0.4) is 0 Å². The molecule has 0 aromatic heterocycles.